The number of aliphatic hydroxyl groups is 1. The first-order valence-electron chi connectivity index (χ1n) is 3.35. The molecule has 1 unspecified atom stereocenters. The maximum atomic E-state index is 10.1. The van der Waals surface area contributed by atoms with Gasteiger partial charge < -0.3 is 20.7 Å². The molecule has 0 saturated heterocycles. The lowest BCUT2D eigenvalue weighted by Crippen LogP contribution is -2.31. The summed E-state index contributed by atoms with van der Waals surface area (Å²) >= 11 is 0. The van der Waals surface area contributed by atoms with Crippen LogP contribution in [0.1, 0.15) is 6.42 Å². The second-order valence-electron chi connectivity index (χ2n) is 2.07. The summed E-state index contributed by atoms with van der Waals surface area (Å²) in [6.07, 6.45) is 0.273. The van der Waals surface area contributed by atoms with Crippen molar-refractivity contribution < 1.29 is 19.7 Å². The largest absolute Gasteiger partial charge is 0.480 e. The van der Waals surface area contributed by atoms with Gasteiger partial charge in [-0.25, -0.2) is 0 Å². The monoisotopic (exact) mass is 163 g/mol. The molecule has 0 bridgehead atoms. The fourth-order valence-electron chi connectivity index (χ4n) is 0.500. The number of rotatable bonds is 6. The van der Waals surface area contributed by atoms with Gasteiger partial charge in [-0.2, -0.15) is 0 Å². The summed E-state index contributed by atoms with van der Waals surface area (Å²) in [7, 11) is 0. The SMILES string of the molecule is NC(CCOCCO)C(=O)O. The first kappa shape index (κ1) is 10.3. The van der Waals surface area contributed by atoms with E-state index < -0.39 is 12.0 Å². The Bertz CT molecular complexity index is 117. The van der Waals surface area contributed by atoms with Gasteiger partial charge >= 0.3 is 5.97 Å². The second-order valence-corrected chi connectivity index (χ2v) is 2.07. The van der Waals surface area contributed by atoms with Gasteiger partial charge in [0.25, 0.3) is 0 Å². The number of hydrogen-bond donors (Lipinski definition) is 3. The molecule has 11 heavy (non-hydrogen) atoms. The van der Waals surface area contributed by atoms with E-state index in [4.69, 9.17) is 20.7 Å². The molecule has 5 nitrogen and oxygen atoms in total. The summed E-state index contributed by atoms with van der Waals surface area (Å²) in [5, 5.41) is 16.6. The van der Waals surface area contributed by atoms with Gasteiger partial charge in [-0.3, -0.25) is 4.79 Å². The fourth-order valence-corrected chi connectivity index (χ4v) is 0.500. The minimum Gasteiger partial charge on any atom is -0.480 e. The first-order valence-corrected chi connectivity index (χ1v) is 3.35. The van der Waals surface area contributed by atoms with Gasteiger partial charge in [0.1, 0.15) is 6.04 Å². The normalized spacial score (nSPS) is 12.9. The van der Waals surface area contributed by atoms with Crippen molar-refractivity contribution in [3.8, 4) is 0 Å². The zero-order valence-corrected chi connectivity index (χ0v) is 6.19. The van der Waals surface area contributed by atoms with Crippen LogP contribution in [0.3, 0.4) is 0 Å². The van der Waals surface area contributed by atoms with Gasteiger partial charge in [0, 0.05) is 6.61 Å². The summed E-state index contributed by atoms with van der Waals surface area (Å²) in [5.74, 6) is -1.03. The Labute approximate surface area is 64.8 Å². The van der Waals surface area contributed by atoms with Crippen molar-refractivity contribution in [3.63, 3.8) is 0 Å². The average Bonchev–Trinajstić information content (AvgIpc) is 1.97. The molecule has 0 aromatic rings. The minimum atomic E-state index is -1.03. The molecule has 66 valence electrons. The van der Waals surface area contributed by atoms with E-state index >= 15 is 0 Å². The predicted molar refractivity (Wildman–Crippen MR) is 38.1 cm³/mol. The van der Waals surface area contributed by atoms with E-state index in [9.17, 15) is 4.79 Å². The molecule has 0 aromatic heterocycles. The highest BCUT2D eigenvalue weighted by Crippen LogP contribution is 1.88. The van der Waals surface area contributed by atoms with Gasteiger partial charge in [0.2, 0.25) is 0 Å². The maximum absolute atomic E-state index is 10.1. The molecule has 0 aliphatic heterocycles. The molecule has 0 aromatic carbocycles. The van der Waals surface area contributed by atoms with E-state index in [1.807, 2.05) is 0 Å². The smallest absolute Gasteiger partial charge is 0.320 e. The number of carboxylic acid groups (broad SMARTS) is 1. The van der Waals surface area contributed by atoms with Gasteiger partial charge in [-0.05, 0) is 6.42 Å². The van der Waals surface area contributed by atoms with Crippen LogP contribution in [0.25, 0.3) is 0 Å². The molecule has 0 saturated carbocycles. The summed E-state index contributed by atoms with van der Waals surface area (Å²) in [4.78, 5) is 10.1. The Morgan fingerprint density at radius 3 is 2.64 bits per heavy atom. The van der Waals surface area contributed by atoms with Crippen LogP contribution < -0.4 is 5.73 Å². The Morgan fingerprint density at radius 1 is 1.55 bits per heavy atom. The van der Waals surface area contributed by atoms with Crippen LogP contribution in [0.5, 0.6) is 0 Å². The zero-order chi connectivity index (χ0) is 8.69. The van der Waals surface area contributed by atoms with Crippen molar-refractivity contribution in [3.05, 3.63) is 0 Å². The molecule has 1 atom stereocenters. The lowest BCUT2D eigenvalue weighted by molar-refractivity contribution is -0.139. The molecular weight excluding hydrogens is 150 g/mol. The van der Waals surface area contributed by atoms with Crippen LogP contribution in [0.2, 0.25) is 0 Å². The van der Waals surface area contributed by atoms with E-state index in [2.05, 4.69) is 0 Å². The molecule has 0 rings (SSSR count). The van der Waals surface area contributed by atoms with Crippen molar-refractivity contribution in [1.82, 2.24) is 0 Å². The summed E-state index contributed by atoms with van der Waals surface area (Å²) in [6.45, 7) is 0.447. The molecule has 0 aliphatic carbocycles. The van der Waals surface area contributed by atoms with Crippen LogP contribution in [-0.4, -0.2) is 42.0 Å². The highest BCUT2D eigenvalue weighted by molar-refractivity contribution is 5.72. The number of ether oxygens (including phenoxy) is 1. The summed E-state index contributed by atoms with van der Waals surface area (Å²) < 4.78 is 4.81. The Morgan fingerprint density at radius 2 is 2.18 bits per heavy atom. The van der Waals surface area contributed by atoms with Crippen molar-refractivity contribution in [2.75, 3.05) is 19.8 Å². The van der Waals surface area contributed by atoms with E-state index in [1.165, 1.54) is 0 Å². The van der Waals surface area contributed by atoms with Crippen LogP contribution in [-0.2, 0) is 9.53 Å². The van der Waals surface area contributed by atoms with Crippen LogP contribution in [0, 0.1) is 0 Å². The topological polar surface area (TPSA) is 92.8 Å². The third-order valence-electron chi connectivity index (χ3n) is 1.13. The zero-order valence-electron chi connectivity index (χ0n) is 6.19. The first-order chi connectivity index (χ1) is 5.18. The highest BCUT2D eigenvalue weighted by atomic mass is 16.5. The summed E-state index contributed by atoms with van der Waals surface area (Å²) in [5.41, 5.74) is 5.16. The van der Waals surface area contributed by atoms with Crippen LogP contribution >= 0.6 is 0 Å². The van der Waals surface area contributed by atoms with Crippen molar-refractivity contribution in [2.45, 2.75) is 12.5 Å². The van der Waals surface area contributed by atoms with Crippen molar-refractivity contribution in [1.29, 1.82) is 0 Å². The van der Waals surface area contributed by atoms with E-state index in [-0.39, 0.29) is 26.2 Å². The number of carboxylic acids is 1. The minimum absolute atomic E-state index is 0.0533. The lowest BCUT2D eigenvalue weighted by atomic mass is 10.2. The molecule has 5 heteroatoms. The molecule has 0 radical (unpaired) electrons. The summed E-state index contributed by atoms with van der Waals surface area (Å²) in [6, 6.07) is -0.867. The molecule has 4 N–H and O–H groups in total. The van der Waals surface area contributed by atoms with Gasteiger partial charge in [-0.15, -0.1) is 0 Å². The van der Waals surface area contributed by atoms with E-state index in [1.54, 1.807) is 0 Å². The third-order valence-corrected chi connectivity index (χ3v) is 1.13. The van der Waals surface area contributed by atoms with Gasteiger partial charge in [0.05, 0.1) is 13.2 Å². The van der Waals surface area contributed by atoms with Gasteiger partial charge in [-0.1, -0.05) is 0 Å². The number of hydrogen-bond acceptors (Lipinski definition) is 4. The highest BCUT2D eigenvalue weighted by Gasteiger charge is 2.09. The molecule has 0 aliphatic rings. The number of aliphatic hydroxyl groups excluding tert-OH is 1. The lowest BCUT2D eigenvalue weighted by Gasteiger charge is -2.05. The van der Waals surface area contributed by atoms with E-state index in [0.29, 0.717) is 0 Å². The maximum Gasteiger partial charge on any atom is 0.320 e. The van der Waals surface area contributed by atoms with Crippen LogP contribution in [0.15, 0.2) is 0 Å². The number of carbonyl (C=O) groups is 1. The van der Waals surface area contributed by atoms with Gasteiger partial charge in [0.15, 0.2) is 0 Å². The standard InChI is InChI=1S/C6H13NO4/c7-5(6(9)10)1-3-11-4-2-8/h5,8H,1-4,7H2,(H,9,10). The number of nitrogens with two attached hydrogens (primary N) is 1. The Balaban J connectivity index is 3.17. The quantitative estimate of drug-likeness (QED) is 0.427. The molecule has 0 fully saturated rings. The van der Waals surface area contributed by atoms with E-state index in [0.717, 1.165) is 0 Å². The Kier molecular flexibility index (Phi) is 5.73. The third kappa shape index (κ3) is 5.78. The second kappa shape index (κ2) is 6.09. The predicted octanol–water partition coefficient (Wildman–Crippen LogP) is -1.20. The van der Waals surface area contributed by atoms with Crippen LogP contribution in [0.4, 0.5) is 0 Å². The molecular formula is C6H13NO4. The Hall–Kier alpha value is -0.650. The van der Waals surface area contributed by atoms with Crippen molar-refractivity contribution >= 4 is 5.97 Å². The fraction of sp³-hybridized carbons (Fsp3) is 0.833. The average molecular weight is 163 g/mol. The number of aliphatic carboxylic acids is 1. The van der Waals surface area contributed by atoms with Crippen molar-refractivity contribution in [2.24, 2.45) is 5.73 Å². The molecule has 0 amide bonds. The molecule has 0 spiro atoms. The molecule has 0 heterocycles.